The Labute approximate surface area is 65.4 Å². The van der Waals surface area contributed by atoms with Gasteiger partial charge in [0.2, 0.25) is 0 Å². The van der Waals surface area contributed by atoms with Gasteiger partial charge >= 0.3 is 0 Å². The Hall–Kier alpha value is -0.310. The Morgan fingerprint density at radius 1 is 1.20 bits per heavy atom. The van der Waals surface area contributed by atoms with Crippen LogP contribution in [0.4, 0.5) is 0 Å². The standard InChI is InChI=1S/C7H12O2S/c1-5(8)7(3,4)10-6(2)9/h1-4H3. The highest BCUT2D eigenvalue weighted by Crippen LogP contribution is 2.25. The highest BCUT2D eigenvalue weighted by molar-refractivity contribution is 8.15. The van der Waals surface area contributed by atoms with E-state index in [0.29, 0.717) is 0 Å². The molecule has 0 saturated carbocycles. The maximum atomic E-state index is 10.8. The summed E-state index contributed by atoms with van der Waals surface area (Å²) < 4.78 is -0.550. The summed E-state index contributed by atoms with van der Waals surface area (Å²) in [5.74, 6) is 0.0349. The molecule has 10 heavy (non-hydrogen) atoms. The molecule has 0 heterocycles. The van der Waals surface area contributed by atoms with Crippen molar-refractivity contribution in [3.63, 3.8) is 0 Å². The number of thioether (sulfide) groups is 1. The Balaban J connectivity index is 4.13. The summed E-state index contributed by atoms with van der Waals surface area (Å²) in [4.78, 5) is 21.4. The fourth-order valence-corrected chi connectivity index (χ4v) is 1.29. The molecule has 58 valence electrons. The van der Waals surface area contributed by atoms with Crippen molar-refractivity contribution in [2.45, 2.75) is 32.4 Å². The van der Waals surface area contributed by atoms with Gasteiger partial charge < -0.3 is 0 Å². The third-order valence-corrected chi connectivity index (χ3v) is 2.33. The molecule has 0 fully saturated rings. The zero-order chi connectivity index (χ0) is 8.36. The second-order valence-corrected chi connectivity index (χ2v) is 4.46. The second kappa shape index (κ2) is 3.19. The van der Waals surface area contributed by atoms with E-state index in [9.17, 15) is 9.59 Å². The number of carbonyl (C=O) groups is 2. The van der Waals surface area contributed by atoms with Crippen molar-refractivity contribution in [1.29, 1.82) is 0 Å². The molecule has 0 unspecified atom stereocenters. The first-order valence-corrected chi connectivity index (χ1v) is 3.88. The van der Waals surface area contributed by atoms with Gasteiger partial charge in [-0.25, -0.2) is 0 Å². The Bertz CT molecular complexity index is 161. The van der Waals surface area contributed by atoms with E-state index < -0.39 is 4.75 Å². The molecule has 0 aliphatic carbocycles. The zero-order valence-electron chi connectivity index (χ0n) is 6.72. The topological polar surface area (TPSA) is 34.1 Å². The van der Waals surface area contributed by atoms with Gasteiger partial charge in [-0.1, -0.05) is 11.8 Å². The number of hydrogen-bond acceptors (Lipinski definition) is 3. The molecule has 2 nitrogen and oxygen atoms in total. The molecular formula is C7H12O2S. The predicted octanol–water partition coefficient (Wildman–Crippen LogP) is 1.63. The molecule has 0 aliphatic rings. The van der Waals surface area contributed by atoms with Crippen LogP contribution in [0.3, 0.4) is 0 Å². The van der Waals surface area contributed by atoms with Crippen LogP contribution in [0.5, 0.6) is 0 Å². The number of rotatable bonds is 2. The van der Waals surface area contributed by atoms with E-state index in [-0.39, 0.29) is 10.9 Å². The van der Waals surface area contributed by atoms with Crippen molar-refractivity contribution in [1.82, 2.24) is 0 Å². The van der Waals surface area contributed by atoms with Gasteiger partial charge in [0.25, 0.3) is 0 Å². The third-order valence-electron chi connectivity index (χ3n) is 1.25. The van der Waals surface area contributed by atoms with Crippen LogP contribution in [0, 0.1) is 0 Å². The summed E-state index contributed by atoms with van der Waals surface area (Å²) >= 11 is 1.08. The van der Waals surface area contributed by atoms with E-state index in [4.69, 9.17) is 0 Å². The summed E-state index contributed by atoms with van der Waals surface area (Å²) in [6.07, 6.45) is 0. The molecular weight excluding hydrogens is 148 g/mol. The molecule has 0 N–H and O–H groups in total. The first-order chi connectivity index (χ1) is 4.36. The van der Waals surface area contributed by atoms with E-state index in [1.54, 1.807) is 13.8 Å². The average molecular weight is 160 g/mol. The quantitative estimate of drug-likeness (QED) is 0.615. The third kappa shape index (κ3) is 3.01. The number of ketones is 1. The van der Waals surface area contributed by atoms with Gasteiger partial charge in [0.15, 0.2) is 5.12 Å². The minimum absolute atomic E-state index is 0.0137. The summed E-state index contributed by atoms with van der Waals surface area (Å²) in [5, 5.41) is -0.0137. The van der Waals surface area contributed by atoms with Gasteiger partial charge in [0.05, 0.1) is 4.75 Å². The summed E-state index contributed by atoms with van der Waals surface area (Å²) in [5.41, 5.74) is 0. The van der Waals surface area contributed by atoms with Crippen LogP contribution in [0.1, 0.15) is 27.7 Å². The smallest absolute Gasteiger partial charge is 0.186 e. The molecule has 0 amide bonds. The minimum atomic E-state index is -0.550. The molecule has 3 heteroatoms. The predicted molar refractivity (Wildman–Crippen MR) is 43.0 cm³/mol. The Morgan fingerprint density at radius 3 is 1.70 bits per heavy atom. The zero-order valence-corrected chi connectivity index (χ0v) is 7.54. The monoisotopic (exact) mass is 160 g/mol. The first-order valence-electron chi connectivity index (χ1n) is 3.07. The van der Waals surface area contributed by atoms with E-state index in [1.807, 2.05) is 0 Å². The summed E-state index contributed by atoms with van der Waals surface area (Å²) in [6, 6.07) is 0. The molecule has 0 radical (unpaired) electrons. The highest BCUT2D eigenvalue weighted by atomic mass is 32.2. The lowest BCUT2D eigenvalue weighted by atomic mass is 10.1. The maximum Gasteiger partial charge on any atom is 0.186 e. The minimum Gasteiger partial charge on any atom is -0.298 e. The molecule has 0 atom stereocenters. The molecule has 0 bridgehead atoms. The van der Waals surface area contributed by atoms with E-state index >= 15 is 0 Å². The molecule has 0 aromatic carbocycles. The molecule has 0 aliphatic heterocycles. The van der Waals surface area contributed by atoms with Crippen LogP contribution in [0.2, 0.25) is 0 Å². The molecule has 0 aromatic heterocycles. The normalized spacial score (nSPS) is 11.2. The molecule has 0 aromatic rings. The number of Topliss-reactive ketones (excluding diaryl/α,β-unsaturated/α-hetero) is 1. The molecule has 0 spiro atoms. The van der Waals surface area contributed by atoms with Crippen LogP contribution >= 0.6 is 11.8 Å². The van der Waals surface area contributed by atoms with Crippen LogP contribution in [-0.2, 0) is 9.59 Å². The Morgan fingerprint density at radius 2 is 1.60 bits per heavy atom. The van der Waals surface area contributed by atoms with Crippen molar-refractivity contribution in [2.24, 2.45) is 0 Å². The fraction of sp³-hybridized carbons (Fsp3) is 0.714. The van der Waals surface area contributed by atoms with Crippen LogP contribution < -0.4 is 0 Å². The van der Waals surface area contributed by atoms with Crippen molar-refractivity contribution < 1.29 is 9.59 Å². The summed E-state index contributed by atoms with van der Waals surface area (Å²) in [7, 11) is 0. The largest absolute Gasteiger partial charge is 0.298 e. The van der Waals surface area contributed by atoms with E-state index in [0.717, 1.165) is 11.8 Å². The first kappa shape index (κ1) is 9.69. The van der Waals surface area contributed by atoms with Gasteiger partial charge in [-0.2, -0.15) is 0 Å². The van der Waals surface area contributed by atoms with Crippen molar-refractivity contribution in [3.8, 4) is 0 Å². The number of hydrogen-bond donors (Lipinski definition) is 0. The highest BCUT2D eigenvalue weighted by Gasteiger charge is 2.25. The molecule has 0 rings (SSSR count). The van der Waals surface area contributed by atoms with Gasteiger partial charge in [0.1, 0.15) is 5.78 Å². The van der Waals surface area contributed by atoms with Crippen molar-refractivity contribution in [2.75, 3.05) is 0 Å². The molecule has 0 saturated heterocycles. The van der Waals surface area contributed by atoms with Gasteiger partial charge in [-0.15, -0.1) is 0 Å². The van der Waals surface area contributed by atoms with Gasteiger partial charge in [-0.3, -0.25) is 9.59 Å². The SMILES string of the molecule is CC(=O)SC(C)(C)C(C)=O. The lowest BCUT2D eigenvalue weighted by Crippen LogP contribution is -2.26. The summed E-state index contributed by atoms with van der Waals surface area (Å²) in [6.45, 7) is 6.47. The van der Waals surface area contributed by atoms with Crippen LogP contribution in [-0.4, -0.2) is 15.6 Å². The number of carbonyl (C=O) groups excluding carboxylic acids is 2. The Kier molecular flexibility index (Phi) is 3.09. The van der Waals surface area contributed by atoms with E-state index in [2.05, 4.69) is 0 Å². The van der Waals surface area contributed by atoms with Gasteiger partial charge in [0, 0.05) is 6.92 Å². The lowest BCUT2D eigenvalue weighted by molar-refractivity contribution is -0.119. The van der Waals surface area contributed by atoms with Gasteiger partial charge in [-0.05, 0) is 20.8 Å². The second-order valence-electron chi connectivity index (χ2n) is 2.66. The van der Waals surface area contributed by atoms with Crippen LogP contribution in [0.25, 0.3) is 0 Å². The average Bonchev–Trinajstić information content (AvgIpc) is 1.60. The van der Waals surface area contributed by atoms with E-state index in [1.165, 1.54) is 13.8 Å². The van der Waals surface area contributed by atoms with Crippen molar-refractivity contribution >= 4 is 22.7 Å². The lowest BCUT2D eigenvalue weighted by Gasteiger charge is -2.17. The van der Waals surface area contributed by atoms with Crippen LogP contribution in [0.15, 0.2) is 0 Å². The van der Waals surface area contributed by atoms with Crippen molar-refractivity contribution in [3.05, 3.63) is 0 Å². The maximum absolute atomic E-state index is 10.8. The fourth-order valence-electron chi connectivity index (χ4n) is 0.431.